The molecule has 0 aliphatic carbocycles. The number of unbranched alkanes of at least 4 members (excludes halogenated alkanes) is 15. The second-order valence-corrected chi connectivity index (χ2v) is 12.8. The van der Waals surface area contributed by atoms with Crippen LogP contribution in [0, 0.1) is 0 Å². The fourth-order valence-corrected chi connectivity index (χ4v) is 5.27. The largest absolute Gasteiger partial charge is 0.472 e. The molecule has 0 aromatic carbocycles. The summed E-state index contributed by atoms with van der Waals surface area (Å²) in [4.78, 5) is 34.5. The van der Waals surface area contributed by atoms with Crippen molar-refractivity contribution in [1.82, 2.24) is 0 Å². The lowest BCUT2D eigenvalue weighted by Gasteiger charge is -2.19. The van der Waals surface area contributed by atoms with E-state index in [1.54, 1.807) is 0 Å². The molecule has 0 fully saturated rings. The molecular weight excluding hydrogens is 581 g/mol. The fourth-order valence-electron chi connectivity index (χ4n) is 4.51. The Morgan fingerprint density at radius 1 is 0.682 bits per heavy atom. The van der Waals surface area contributed by atoms with Crippen molar-refractivity contribution in [2.45, 2.75) is 155 Å². The molecule has 44 heavy (non-hydrogen) atoms. The minimum atomic E-state index is -4.37. The highest BCUT2D eigenvalue weighted by molar-refractivity contribution is 7.47. The zero-order valence-electron chi connectivity index (χ0n) is 27.9. The summed E-state index contributed by atoms with van der Waals surface area (Å²) in [6, 6.07) is 0. The third-order valence-corrected chi connectivity index (χ3v) is 8.09. The van der Waals surface area contributed by atoms with Gasteiger partial charge in [-0.25, -0.2) is 4.57 Å². The van der Waals surface area contributed by atoms with Gasteiger partial charge in [-0.05, 0) is 32.1 Å². The molecule has 0 amide bonds. The van der Waals surface area contributed by atoms with Crippen LogP contribution in [0.15, 0.2) is 24.3 Å². The standard InChI is InChI=1S/C34H64NO8P/c1-3-5-7-9-11-13-15-16-17-19-21-23-25-27-34(37)43-32(31-42-44(38,39)41-29-28-35)30-40-33(36)26-24-22-20-18-14-12-10-8-6-4-2/h16-17,21,23,32H,3-15,18-20,22,24-31,35H2,1-2H3,(H,38,39)/b17-16+,23-21+. The van der Waals surface area contributed by atoms with Crippen LogP contribution in [0.2, 0.25) is 0 Å². The lowest BCUT2D eigenvalue weighted by Crippen LogP contribution is -2.29. The number of hydrogen-bond donors (Lipinski definition) is 2. The molecule has 0 spiro atoms. The molecule has 0 heterocycles. The molecule has 0 aliphatic rings. The Labute approximate surface area is 268 Å². The van der Waals surface area contributed by atoms with Crippen LogP contribution in [-0.2, 0) is 32.7 Å². The SMILES string of the molecule is CCCCCCCC/C=C/C/C=C/CCC(=O)OC(COC(=O)CCCCCCCCCCCC)COP(=O)(O)OCCN. The number of phosphoric ester groups is 1. The number of rotatable bonds is 32. The van der Waals surface area contributed by atoms with E-state index in [-0.39, 0.29) is 32.6 Å². The third-order valence-electron chi connectivity index (χ3n) is 7.10. The summed E-state index contributed by atoms with van der Waals surface area (Å²) < 4.78 is 32.4. The van der Waals surface area contributed by atoms with Crippen molar-refractivity contribution in [3.05, 3.63) is 24.3 Å². The molecule has 0 bridgehead atoms. The normalized spacial score (nSPS) is 13.8. The van der Waals surface area contributed by atoms with Crippen molar-refractivity contribution in [2.24, 2.45) is 5.73 Å². The van der Waals surface area contributed by atoms with Crippen LogP contribution >= 0.6 is 7.82 Å². The summed E-state index contributed by atoms with van der Waals surface area (Å²) in [5.41, 5.74) is 5.31. The number of allylic oxidation sites excluding steroid dienone is 4. The molecule has 2 atom stereocenters. The molecule has 2 unspecified atom stereocenters. The van der Waals surface area contributed by atoms with Crippen molar-refractivity contribution in [2.75, 3.05) is 26.4 Å². The van der Waals surface area contributed by atoms with E-state index in [0.717, 1.165) is 32.1 Å². The Balaban J connectivity index is 4.37. The maximum Gasteiger partial charge on any atom is 0.472 e. The van der Waals surface area contributed by atoms with Crippen LogP contribution in [0.4, 0.5) is 0 Å². The molecule has 9 nitrogen and oxygen atoms in total. The Morgan fingerprint density at radius 2 is 1.23 bits per heavy atom. The number of ether oxygens (including phenoxy) is 2. The maximum absolute atomic E-state index is 12.4. The topological polar surface area (TPSA) is 134 Å². The number of hydrogen-bond acceptors (Lipinski definition) is 8. The second-order valence-electron chi connectivity index (χ2n) is 11.4. The van der Waals surface area contributed by atoms with Crippen LogP contribution < -0.4 is 5.73 Å². The quantitative estimate of drug-likeness (QED) is 0.0318. The number of nitrogens with two attached hydrogens (primary N) is 1. The van der Waals surface area contributed by atoms with Crippen LogP contribution in [0.1, 0.15) is 149 Å². The lowest BCUT2D eigenvalue weighted by molar-refractivity contribution is -0.161. The monoisotopic (exact) mass is 645 g/mol. The zero-order valence-corrected chi connectivity index (χ0v) is 28.8. The number of carbonyl (C=O) groups is 2. The maximum atomic E-state index is 12.4. The van der Waals surface area contributed by atoms with Gasteiger partial charge in [0.05, 0.1) is 13.2 Å². The predicted octanol–water partition coefficient (Wildman–Crippen LogP) is 8.88. The molecular formula is C34H64NO8P. The van der Waals surface area contributed by atoms with Crippen LogP contribution in [0.25, 0.3) is 0 Å². The highest BCUT2D eigenvalue weighted by atomic mass is 31.2. The first kappa shape index (κ1) is 42.5. The first-order valence-corrected chi connectivity index (χ1v) is 18.8. The highest BCUT2D eigenvalue weighted by Crippen LogP contribution is 2.43. The highest BCUT2D eigenvalue weighted by Gasteiger charge is 2.25. The van der Waals surface area contributed by atoms with Crippen molar-refractivity contribution >= 4 is 19.8 Å². The number of phosphoric acid groups is 1. The molecule has 0 aromatic rings. The van der Waals surface area contributed by atoms with Gasteiger partial charge in [-0.2, -0.15) is 0 Å². The minimum absolute atomic E-state index is 0.0470. The molecule has 0 saturated carbocycles. The van der Waals surface area contributed by atoms with E-state index in [9.17, 15) is 19.0 Å². The van der Waals surface area contributed by atoms with Crippen molar-refractivity contribution in [3.8, 4) is 0 Å². The van der Waals surface area contributed by atoms with Gasteiger partial charge >= 0.3 is 19.8 Å². The van der Waals surface area contributed by atoms with Crippen molar-refractivity contribution in [3.63, 3.8) is 0 Å². The van der Waals surface area contributed by atoms with Crippen LogP contribution in [0.5, 0.6) is 0 Å². The first-order chi connectivity index (χ1) is 21.3. The Morgan fingerprint density at radius 3 is 1.82 bits per heavy atom. The average Bonchev–Trinajstić information content (AvgIpc) is 3.00. The fraction of sp³-hybridized carbons (Fsp3) is 0.824. The molecule has 0 aromatic heterocycles. The third kappa shape index (κ3) is 30.5. The summed E-state index contributed by atoms with van der Waals surface area (Å²) in [5.74, 6) is -0.909. The Kier molecular flexibility index (Phi) is 30.4. The average molecular weight is 646 g/mol. The lowest BCUT2D eigenvalue weighted by atomic mass is 10.1. The summed E-state index contributed by atoms with van der Waals surface area (Å²) in [6.45, 7) is 3.62. The van der Waals surface area contributed by atoms with E-state index in [0.29, 0.717) is 6.42 Å². The van der Waals surface area contributed by atoms with Gasteiger partial charge in [0.2, 0.25) is 0 Å². The number of carbonyl (C=O) groups excluding carboxylic acids is 2. The predicted molar refractivity (Wildman–Crippen MR) is 178 cm³/mol. The summed E-state index contributed by atoms with van der Waals surface area (Å²) in [5, 5.41) is 0. The molecule has 3 N–H and O–H groups in total. The Hall–Kier alpha value is -1.51. The van der Waals surface area contributed by atoms with E-state index in [4.69, 9.17) is 24.3 Å². The van der Waals surface area contributed by atoms with Gasteiger partial charge < -0.3 is 20.1 Å². The summed E-state index contributed by atoms with van der Waals surface area (Å²) >= 11 is 0. The molecule has 258 valence electrons. The van der Waals surface area contributed by atoms with Gasteiger partial charge in [-0.15, -0.1) is 0 Å². The summed E-state index contributed by atoms with van der Waals surface area (Å²) in [7, 11) is -4.37. The van der Waals surface area contributed by atoms with E-state index < -0.39 is 32.5 Å². The molecule has 0 aliphatic heterocycles. The molecule has 0 rings (SSSR count). The van der Waals surface area contributed by atoms with Gasteiger partial charge in [-0.3, -0.25) is 18.6 Å². The first-order valence-electron chi connectivity index (χ1n) is 17.3. The second kappa shape index (κ2) is 31.5. The van der Waals surface area contributed by atoms with Crippen LogP contribution in [-0.4, -0.2) is 49.3 Å². The van der Waals surface area contributed by atoms with Crippen molar-refractivity contribution in [1.29, 1.82) is 0 Å². The minimum Gasteiger partial charge on any atom is -0.462 e. The van der Waals surface area contributed by atoms with Gasteiger partial charge in [-0.1, -0.05) is 128 Å². The Bertz CT molecular complexity index is 789. The smallest absolute Gasteiger partial charge is 0.462 e. The van der Waals surface area contributed by atoms with Gasteiger partial charge in [0.25, 0.3) is 0 Å². The van der Waals surface area contributed by atoms with Gasteiger partial charge in [0.1, 0.15) is 6.61 Å². The molecule has 0 saturated heterocycles. The van der Waals surface area contributed by atoms with Crippen molar-refractivity contribution < 1.29 is 37.6 Å². The van der Waals surface area contributed by atoms with E-state index in [1.165, 1.54) is 83.5 Å². The zero-order chi connectivity index (χ0) is 32.6. The van der Waals surface area contributed by atoms with Gasteiger partial charge in [0.15, 0.2) is 6.10 Å². The van der Waals surface area contributed by atoms with Gasteiger partial charge in [0, 0.05) is 19.4 Å². The molecule has 0 radical (unpaired) electrons. The van der Waals surface area contributed by atoms with E-state index >= 15 is 0 Å². The molecule has 10 heteroatoms. The summed E-state index contributed by atoms with van der Waals surface area (Å²) in [6.07, 6.45) is 29.4. The number of esters is 2. The van der Waals surface area contributed by atoms with E-state index in [2.05, 4.69) is 26.0 Å². The van der Waals surface area contributed by atoms with E-state index in [1.807, 2.05) is 12.2 Å². The van der Waals surface area contributed by atoms with Crippen LogP contribution in [0.3, 0.4) is 0 Å².